The van der Waals surface area contributed by atoms with Crippen LogP contribution in [-0.4, -0.2) is 10.8 Å². The fraction of sp³-hybridized carbons (Fsp3) is 0.538. The maximum absolute atomic E-state index is 13.4. The number of Topliss-reactive ketones (excluding diaryl/α,β-unsaturated/α-hetero) is 1. The highest BCUT2D eigenvalue weighted by Crippen LogP contribution is 2.19. The van der Waals surface area contributed by atoms with Crippen molar-refractivity contribution in [2.75, 3.05) is 0 Å². The lowest BCUT2D eigenvalue weighted by Gasteiger charge is -2.13. The summed E-state index contributed by atoms with van der Waals surface area (Å²) in [5.74, 6) is -0.657. The molecule has 2 nitrogen and oxygen atoms in total. The highest BCUT2D eigenvalue weighted by Gasteiger charge is 2.20. The predicted molar refractivity (Wildman–Crippen MR) is 61.8 cm³/mol. The topological polar surface area (TPSA) is 30.0 Å². The molecule has 1 aromatic heterocycles. The molecule has 0 fully saturated rings. The van der Waals surface area contributed by atoms with Crippen LogP contribution in [0.5, 0.6) is 0 Å². The van der Waals surface area contributed by atoms with Crippen LogP contribution in [-0.2, 0) is 0 Å². The van der Waals surface area contributed by atoms with Crippen LogP contribution in [0, 0.1) is 11.7 Å². The lowest BCUT2D eigenvalue weighted by Crippen LogP contribution is -2.15. The molecule has 1 aromatic rings. The quantitative estimate of drug-likeness (QED) is 0.689. The van der Waals surface area contributed by atoms with Crippen molar-refractivity contribution in [1.82, 2.24) is 4.98 Å². The molecule has 0 aliphatic heterocycles. The molecule has 1 rings (SSSR count). The average Bonchev–Trinajstić information content (AvgIpc) is 2.30. The lowest BCUT2D eigenvalue weighted by atomic mass is 9.91. The van der Waals surface area contributed by atoms with Crippen LogP contribution >= 0.6 is 0 Å². The van der Waals surface area contributed by atoms with Gasteiger partial charge in [0.05, 0.1) is 11.8 Å². The van der Waals surface area contributed by atoms with Crippen LogP contribution in [0.2, 0.25) is 0 Å². The first-order valence-electron chi connectivity index (χ1n) is 5.84. The van der Waals surface area contributed by atoms with Crippen LogP contribution < -0.4 is 0 Å². The summed E-state index contributed by atoms with van der Waals surface area (Å²) in [6, 6.07) is 1.46. The van der Waals surface area contributed by atoms with Gasteiger partial charge in [-0.25, -0.2) is 4.39 Å². The molecular weight excluding hydrogens is 205 g/mol. The Hall–Kier alpha value is -1.25. The number of nitrogens with zero attached hydrogens (tertiary/aromatic N) is 1. The number of carbonyl (C=O) groups excluding carboxylic acids is 1. The van der Waals surface area contributed by atoms with E-state index in [1.807, 2.05) is 6.92 Å². The standard InChI is InChI=1S/C13H18FNO/c1-3-5-6-10(4-2)13(16)11-7-8-15-9-12(11)14/h7-10H,3-6H2,1-2H3. The van der Waals surface area contributed by atoms with Crippen molar-refractivity contribution in [3.05, 3.63) is 29.8 Å². The Balaban J connectivity index is 2.79. The van der Waals surface area contributed by atoms with Crippen LogP contribution in [0.15, 0.2) is 18.5 Å². The summed E-state index contributed by atoms with van der Waals surface area (Å²) in [5, 5.41) is 0. The van der Waals surface area contributed by atoms with Crippen LogP contribution in [0.1, 0.15) is 49.9 Å². The highest BCUT2D eigenvalue weighted by atomic mass is 19.1. The van der Waals surface area contributed by atoms with E-state index in [1.54, 1.807) is 0 Å². The normalized spacial score (nSPS) is 12.4. The van der Waals surface area contributed by atoms with Gasteiger partial charge < -0.3 is 0 Å². The van der Waals surface area contributed by atoms with Gasteiger partial charge >= 0.3 is 0 Å². The number of halogens is 1. The van der Waals surface area contributed by atoms with Crippen molar-refractivity contribution in [2.45, 2.75) is 39.5 Å². The second-order valence-electron chi connectivity index (χ2n) is 3.97. The van der Waals surface area contributed by atoms with E-state index in [-0.39, 0.29) is 17.3 Å². The third-order valence-corrected chi connectivity index (χ3v) is 2.81. The second-order valence-corrected chi connectivity index (χ2v) is 3.97. The Labute approximate surface area is 95.9 Å². The summed E-state index contributed by atoms with van der Waals surface area (Å²) in [7, 11) is 0. The molecule has 0 saturated carbocycles. The monoisotopic (exact) mass is 223 g/mol. The molecule has 0 saturated heterocycles. The molecule has 0 amide bonds. The van der Waals surface area contributed by atoms with Gasteiger partial charge in [-0.2, -0.15) is 0 Å². The minimum atomic E-state index is -0.512. The number of carbonyl (C=O) groups is 1. The van der Waals surface area contributed by atoms with Crippen molar-refractivity contribution in [3.8, 4) is 0 Å². The van der Waals surface area contributed by atoms with Gasteiger partial charge in [0.2, 0.25) is 0 Å². The van der Waals surface area contributed by atoms with Crippen LogP contribution in [0.25, 0.3) is 0 Å². The molecule has 0 radical (unpaired) electrons. The van der Waals surface area contributed by atoms with Gasteiger partial charge in [-0.1, -0.05) is 26.7 Å². The molecule has 1 atom stereocenters. The van der Waals surface area contributed by atoms with Gasteiger partial charge in [0.15, 0.2) is 11.6 Å². The summed E-state index contributed by atoms with van der Waals surface area (Å²) >= 11 is 0. The number of pyridine rings is 1. The molecule has 16 heavy (non-hydrogen) atoms. The van der Waals surface area contributed by atoms with Crippen LogP contribution in [0.3, 0.4) is 0 Å². The van der Waals surface area contributed by atoms with Crippen molar-refractivity contribution >= 4 is 5.78 Å². The van der Waals surface area contributed by atoms with Crippen molar-refractivity contribution < 1.29 is 9.18 Å². The maximum atomic E-state index is 13.4. The van der Waals surface area contributed by atoms with E-state index in [1.165, 1.54) is 12.3 Å². The molecule has 1 unspecified atom stereocenters. The van der Waals surface area contributed by atoms with Gasteiger partial charge in [-0.05, 0) is 18.9 Å². The number of hydrogen-bond acceptors (Lipinski definition) is 2. The van der Waals surface area contributed by atoms with Gasteiger partial charge in [-0.3, -0.25) is 9.78 Å². The molecule has 0 aliphatic carbocycles. The smallest absolute Gasteiger partial charge is 0.168 e. The fourth-order valence-electron chi connectivity index (χ4n) is 1.77. The zero-order valence-electron chi connectivity index (χ0n) is 9.87. The summed E-state index contributed by atoms with van der Waals surface area (Å²) in [4.78, 5) is 15.7. The summed E-state index contributed by atoms with van der Waals surface area (Å²) in [5.41, 5.74) is 0.179. The number of rotatable bonds is 6. The first-order chi connectivity index (χ1) is 7.70. The molecule has 1 heterocycles. The summed E-state index contributed by atoms with van der Waals surface area (Å²) in [6.45, 7) is 4.06. The van der Waals surface area contributed by atoms with E-state index in [2.05, 4.69) is 11.9 Å². The summed E-state index contributed by atoms with van der Waals surface area (Å²) < 4.78 is 13.4. The van der Waals surface area contributed by atoms with Gasteiger partial charge in [0.25, 0.3) is 0 Å². The van der Waals surface area contributed by atoms with E-state index < -0.39 is 5.82 Å². The Bertz CT molecular complexity index is 352. The van der Waals surface area contributed by atoms with Crippen molar-refractivity contribution in [3.63, 3.8) is 0 Å². The maximum Gasteiger partial charge on any atom is 0.168 e. The van der Waals surface area contributed by atoms with E-state index in [4.69, 9.17) is 0 Å². The molecule has 3 heteroatoms. The second kappa shape index (κ2) is 6.36. The molecular formula is C13H18FNO. The first-order valence-corrected chi connectivity index (χ1v) is 5.84. The van der Waals surface area contributed by atoms with E-state index in [0.29, 0.717) is 0 Å². The fourth-order valence-corrected chi connectivity index (χ4v) is 1.77. The molecule has 0 spiro atoms. The largest absolute Gasteiger partial charge is 0.294 e. The zero-order valence-corrected chi connectivity index (χ0v) is 9.87. The highest BCUT2D eigenvalue weighted by molar-refractivity contribution is 5.97. The Morgan fingerprint density at radius 3 is 2.81 bits per heavy atom. The molecule has 0 N–H and O–H groups in total. The third kappa shape index (κ3) is 3.12. The third-order valence-electron chi connectivity index (χ3n) is 2.81. The molecule has 0 aromatic carbocycles. The SMILES string of the molecule is CCCCC(CC)C(=O)c1ccncc1F. The van der Waals surface area contributed by atoms with Gasteiger partial charge in [-0.15, -0.1) is 0 Å². The average molecular weight is 223 g/mol. The molecule has 0 bridgehead atoms. The van der Waals surface area contributed by atoms with Crippen molar-refractivity contribution in [1.29, 1.82) is 0 Å². The van der Waals surface area contributed by atoms with E-state index in [9.17, 15) is 9.18 Å². The minimum Gasteiger partial charge on any atom is -0.294 e. The number of hydrogen-bond donors (Lipinski definition) is 0. The first kappa shape index (κ1) is 12.8. The summed E-state index contributed by atoms with van der Waals surface area (Å²) in [6.07, 6.45) is 6.23. The number of unbranched alkanes of at least 4 members (excludes halogenated alkanes) is 1. The Morgan fingerprint density at radius 2 is 2.25 bits per heavy atom. The van der Waals surface area contributed by atoms with E-state index in [0.717, 1.165) is 31.9 Å². The van der Waals surface area contributed by atoms with E-state index >= 15 is 0 Å². The Morgan fingerprint density at radius 1 is 1.50 bits per heavy atom. The number of aromatic nitrogens is 1. The lowest BCUT2D eigenvalue weighted by molar-refractivity contribution is 0.0904. The van der Waals surface area contributed by atoms with Gasteiger partial charge in [0.1, 0.15) is 0 Å². The van der Waals surface area contributed by atoms with Crippen LogP contribution in [0.4, 0.5) is 4.39 Å². The molecule has 88 valence electrons. The Kier molecular flexibility index (Phi) is 5.09. The zero-order chi connectivity index (χ0) is 12.0. The minimum absolute atomic E-state index is 0.0585. The number of ketones is 1. The molecule has 0 aliphatic rings. The predicted octanol–water partition coefficient (Wildman–Crippen LogP) is 3.62. The van der Waals surface area contributed by atoms with Gasteiger partial charge in [0, 0.05) is 12.1 Å². The van der Waals surface area contributed by atoms with Crippen molar-refractivity contribution in [2.24, 2.45) is 5.92 Å².